The van der Waals surface area contributed by atoms with Crippen molar-refractivity contribution in [1.82, 2.24) is 0 Å². The second-order valence-electron chi connectivity index (χ2n) is 22.3. The molecule has 78 heavy (non-hydrogen) atoms. The van der Waals surface area contributed by atoms with Gasteiger partial charge in [0.15, 0.2) is 6.10 Å². The van der Waals surface area contributed by atoms with Crippen LogP contribution in [-0.4, -0.2) is 49.3 Å². The molecule has 0 spiro atoms. The Hall–Kier alpha value is -2.29. The van der Waals surface area contributed by atoms with Crippen LogP contribution in [0.25, 0.3) is 0 Å². The Balaban J connectivity index is 3.87. The highest BCUT2D eigenvalue weighted by Crippen LogP contribution is 2.43. The summed E-state index contributed by atoms with van der Waals surface area (Å²) in [6, 6.07) is 0. The van der Waals surface area contributed by atoms with Crippen LogP contribution in [0.15, 0.2) is 60.8 Å². The van der Waals surface area contributed by atoms with Gasteiger partial charge in [0.25, 0.3) is 0 Å². The summed E-state index contributed by atoms with van der Waals surface area (Å²) in [7, 11) is -4.39. The van der Waals surface area contributed by atoms with Crippen LogP contribution >= 0.6 is 7.82 Å². The molecule has 0 saturated carbocycles. The Morgan fingerprint density at radius 3 is 1.05 bits per heavy atom. The Labute approximate surface area is 482 Å². The number of phosphoric ester groups is 1. The van der Waals surface area contributed by atoms with Crippen molar-refractivity contribution in [2.24, 2.45) is 5.73 Å². The molecule has 0 aromatic rings. The number of hydrogen-bond acceptors (Lipinski definition) is 8. The van der Waals surface area contributed by atoms with Crippen LogP contribution in [0.1, 0.15) is 328 Å². The molecule has 0 aliphatic heterocycles. The third-order valence-electron chi connectivity index (χ3n) is 14.7. The number of allylic oxidation sites excluding steroid dienone is 10. The lowest BCUT2D eigenvalue weighted by Gasteiger charge is -2.19. The van der Waals surface area contributed by atoms with Gasteiger partial charge in [0, 0.05) is 19.4 Å². The average molecular weight is 1120 g/mol. The van der Waals surface area contributed by atoms with Crippen molar-refractivity contribution in [2.75, 3.05) is 26.4 Å². The molecule has 9 nitrogen and oxygen atoms in total. The Morgan fingerprint density at radius 1 is 0.397 bits per heavy atom. The molecule has 0 fully saturated rings. The minimum Gasteiger partial charge on any atom is -0.462 e. The number of rotatable bonds is 63. The number of unbranched alkanes of at least 4 members (excludes halogenated alkanes) is 40. The maximum Gasteiger partial charge on any atom is 0.472 e. The molecular formula is C68H126NO8P. The van der Waals surface area contributed by atoms with Gasteiger partial charge in [-0.05, 0) is 57.8 Å². The zero-order chi connectivity index (χ0) is 56.6. The summed E-state index contributed by atoms with van der Waals surface area (Å²) in [4.78, 5) is 35.3. The highest BCUT2D eigenvalue weighted by molar-refractivity contribution is 7.47. The van der Waals surface area contributed by atoms with Crippen LogP contribution in [0.4, 0.5) is 0 Å². The minimum absolute atomic E-state index is 0.0541. The van der Waals surface area contributed by atoms with Gasteiger partial charge >= 0.3 is 19.8 Å². The molecule has 0 aliphatic rings. The van der Waals surface area contributed by atoms with Gasteiger partial charge in [-0.3, -0.25) is 18.6 Å². The lowest BCUT2D eigenvalue weighted by molar-refractivity contribution is -0.161. The number of carbonyl (C=O) groups is 2. The van der Waals surface area contributed by atoms with E-state index in [1.54, 1.807) is 0 Å². The summed E-state index contributed by atoms with van der Waals surface area (Å²) in [5.41, 5.74) is 5.40. The summed E-state index contributed by atoms with van der Waals surface area (Å²) >= 11 is 0. The van der Waals surface area contributed by atoms with Crippen molar-refractivity contribution in [2.45, 2.75) is 335 Å². The first-order valence-corrected chi connectivity index (χ1v) is 34.8. The van der Waals surface area contributed by atoms with Gasteiger partial charge in [0.2, 0.25) is 0 Å². The fourth-order valence-electron chi connectivity index (χ4n) is 9.79. The number of phosphoric acid groups is 1. The van der Waals surface area contributed by atoms with E-state index in [1.807, 2.05) is 0 Å². The summed E-state index contributed by atoms with van der Waals surface area (Å²) in [5.74, 6) is -0.811. The summed E-state index contributed by atoms with van der Waals surface area (Å²) in [5, 5.41) is 0. The molecule has 0 aromatic carbocycles. The number of nitrogens with two attached hydrogens (primary N) is 1. The van der Waals surface area contributed by atoms with Crippen molar-refractivity contribution in [3.63, 3.8) is 0 Å². The first kappa shape index (κ1) is 75.7. The van der Waals surface area contributed by atoms with Crippen molar-refractivity contribution >= 4 is 19.8 Å². The molecule has 0 heterocycles. The quantitative estimate of drug-likeness (QED) is 0.0264. The number of ether oxygens (including phenoxy) is 2. The van der Waals surface area contributed by atoms with Crippen LogP contribution in [0.5, 0.6) is 0 Å². The van der Waals surface area contributed by atoms with Crippen molar-refractivity contribution in [3.05, 3.63) is 60.8 Å². The molecule has 0 saturated heterocycles. The Morgan fingerprint density at radius 2 is 0.705 bits per heavy atom. The van der Waals surface area contributed by atoms with Gasteiger partial charge in [-0.25, -0.2) is 4.57 Å². The Bertz CT molecular complexity index is 1460. The summed E-state index contributed by atoms with van der Waals surface area (Å²) in [6.07, 6.45) is 81.6. The zero-order valence-electron chi connectivity index (χ0n) is 51.2. The molecule has 0 amide bonds. The fourth-order valence-corrected chi connectivity index (χ4v) is 10.6. The van der Waals surface area contributed by atoms with Crippen LogP contribution in [-0.2, 0) is 32.7 Å². The van der Waals surface area contributed by atoms with Gasteiger partial charge in [0.1, 0.15) is 6.61 Å². The maximum absolute atomic E-state index is 12.8. The zero-order valence-corrected chi connectivity index (χ0v) is 52.1. The molecule has 2 unspecified atom stereocenters. The summed E-state index contributed by atoms with van der Waals surface area (Å²) < 4.78 is 33.2. The predicted octanol–water partition coefficient (Wildman–Crippen LogP) is 21.5. The van der Waals surface area contributed by atoms with Crippen molar-refractivity contribution in [1.29, 1.82) is 0 Å². The van der Waals surface area contributed by atoms with Gasteiger partial charge in [-0.15, -0.1) is 0 Å². The largest absolute Gasteiger partial charge is 0.472 e. The van der Waals surface area contributed by atoms with E-state index in [2.05, 4.69) is 74.6 Å². The minimum atomic E-state index is -4.39. The normalized spacial score (nSPS) is 13.3. The van der Waals surface area contributed by atoms with E-state index >= 15 is 0 Å². The monoisotopic (exact) mass is 1120 g/mol. The molecule has 0 bridgehead atoms. The molecule has 0 aromatic heterocycles. The van der Waals surface area contributed by atoms with Crippen molar-refractivity contribution in [3.8, 4) is 0 Å². The smallest absolute Gasteiger partial charge is 0.462 e. The standard InChI is InChI=1S/C68H126NO8P/c1-3-5-7-9-11-13-15-17-19-21-23-25-27-29-31-32-33-34-35-37-39-41-43-45-47-49-51-53-55-57-59-61-68(71)77-66(65-76-78(72,73)75-63-62-69)64-74-67(70)60-58-56-54-52-50-48-46-44-42-40-38-36-30-28-26-24-22-20-18-16-14-12-10-8-6-4-2/h5,7,11,13,17,19,23,25,29,31,66H,3-4,6,8-10,12,14-16,18,20-22,24,26-28,30,32-65,69H2,1-2H3,(H,72,73)/b7-5-,13-11-,19-17-,25-23-,31-29-. The van der Waals surface area contributed by atoms with Crippen LogP contribution in [0.3, 0.4) is 0 Å². The van der Waals surface area contributed by atoms with Gasteiger partial charge in [0.05, 0.1) is 13.2 Å². The van der Waals surface area contributed by atoms with E-state index in [0.717, 1.165) is 70.6 Å². The number of esters is 2. The first-order chi connectivity index (χ1) is 38.3. The van der Waals surface area contributed by atoms with E-state index in [4.69, 9.17) is 24.3 Å². The summed E-state index contributed by atoms with van der Waals surface area (Å²) in [6.45, 7) is 3.69. The molecule has 10 heteroatoms. The third kappa shape index (κ3) is 62.9. The molecule has 0 radical (unpaired) electrons. The highest BCUT2D eigenvalue weighted by Gasteiger charge is 2.26. The van der Waals surface area contributed by atoms with E-state index in [1.165, 1.54) is 225 Å². The first-order valence-electron chi connectivity index (χ1n) is 33.3. The van der Waals surface area contributed by atoms with E-state index < -0.39 is 26.5 Å². The van der Waals surface area contributed by atoms with Gasteiger partial charge in [-0.2, -0.15) is 0 Å². The lowest BCUT2D eigenvalue weighted by atomic mass is 10.0. The second kappa shape index (κ2) is 63.9. The van der Waals surface area contributed by atoms with Crippen molar-refractivity contribution < 1.29 is 37.6 Å². The topological polar surface area (TPSA) is 134 Å². The maximum atomic E-state index is 12.8. The van der Waals surface area contributed by atoms with E-state index in [-0.39, 0.29) is 38.6 Å². The predicted molar refractivity (Wildman–Crippen MR) is 335 cm³/mol. The van der Waals surface area contributed by atoms with E-state index in [0.29, 0.717) is 6.42 Å². The SMILES string of the molecule is CC/C=C\C/C=C\C/C=C\C/C=C\C/C=C\CCCCCCCCCCCCCCCCCC(=O)OC(COC(=O)CCCCCCCCCCCCCCCCCCCCCCCCCCCC)COP(=O)(O)OCCN. The lowest BCUT2D eigenvalue weighted by Crippen LogP contribution is -2.29. The Kier molecular flexibility index (Phi) is 62.0. The highest BCUT2D eigenvalue weighted by atomic mass is 31.2. The molecule has 3 N–H and O–H groups in total. The molecular weight excluding hydrogens is 990 g/mol. The number of carbonyl (C=O) groups excluding carboxylic acids is 2. The molecule has 0 rings (SSSR count). The van der Waals surface area contributed by atoms with Crippen LogP contribution < -0.4 is 5.73 Å². The molecule has 0 aliphatic carbocycles. The van der Waals surface area contributed by atoms with Gasteiger partial charge < -0.3 is 20.1 Å². The van der Waals surface area contributed by atoms with Gasteiger partial charge in [-0.1, -0.05) is 319 Å². The third-order valence-corrected chi connectivity index (χ3v) is 15.7. The molecule has 456 valence electrons. The van der Waals surface area contributed by atoms with Crippen LogP contribution in [0, 0.1) is 0 Å². The molecule has 2 atom stereocenters. The number of hydrogen-bond donors (Lipinski definition) is 2. The second-order valence-corrected chi connectivity index (χ2v) is 23.8. The average Bonchev–Trinajstić information content (AvgIpc) is 3.43. The van der Waals surface area contributed by atoms with E-state index in [9.17, 15) is 19.0 Å². The fraction of sp³-hybridized carbons (Fsp3) is 0.824. The van der Waals surface area contributed by atoms with Crippen LogP contribution in [0.2, 0.25) is 0 Å².